The lowest BCUT2D eigenvalue weighted by molar-refractivity contribution is -0.143. The minimum Gasteiger partial charge on any atom is -0.481 e. The molecule has 0 radical (unpaired) electrons. The Hall–Kier alpha value is -2.43. The summed E-state index contributed by atoms with van der Waals surface area (Å²) in [6, 6.07) is 9.23. The van der Waals surface area contributed by atoms with Gasteiger partial charge in [-0.2, -0.15) is 0 Å². The summed E-state index contributed by atoms with van der Waals surface area (Å²) in [5.41, 5.74) is 1.20. The van der Waals surface area contributed by atoms with Gasteiger partial charge >= 0.3 is 11.9 Å². The molecular weight excluding hydrogens is 296 g/mol. The van der Waals surface area contributed by atoms with Gasteiger partial charge in [0.1, 0.15) is 5.78 Å². The number of Topliss-reactive ketones (excluding diaryl/α,β-unsaturated/α-hetero) is 1. The SMILES string of the molecule is C=C(C)C(=O)OCCCC(=O)CC(Cc1ccccc1)C(=O)O. The Labute approximate surface area is 136 Å². The Balaban J connectivity index is 2.38. The zero-order chi connectivity index (χ0) is 17.2. The van der Waals surface area contributed by atoms with E-state index in [1.165, 1.54) is 0 Å². The topological polar surface area (TPSA) is 80.7 Å². The first kappa shape index (κ1) is 18.6. The Morgan fingerprint density at radius 2 is 1.87 bits per heavy atom. The van der Waals surface area contributed by atoms with Gasteiger partial charge in [0.25, 0.3) is 0 Å². The van der Waals surface area contributed by atoms with E-state index in [4.69, 9.17) is 4.74 Å². The second-order valence-corrected chi connectivity index (χ2v) is 5.49. The van der Waals surface area contributed by atoms with E-state index in [0.717, 1.165) is 5.56 Å². The fourth-order valence-electron chi connectivity index (χ4n) is 2.08. The van der Waals surface area contributed by atoms with Crippen molar-refractivity contribution < 1.29 is 24.2 Å². The molecule has 0 saturated carbocycles. The van der Waals surface area contributed by atoms with E-state index in [0.29, 0.717) is 18.4 Å². The quantitative estimate of drug-likeness (QED) is 0.407. The Bertz CT molecular complexity index is 562. The van der Waals surface area contributed by atoms with E-state index in [9.17, 15) is 19.5 Å². The van der Waals surface area contributed by atoms with Crippen LogP contribution in [0.3, 0.4) is 0 Å². The average molecular weight is 318 g/mol. The van der Waals surface area contributed by atoms with E-state index in [-0.39, 0.29) is 25.2 Å². The van der Waals surface area contributed by atoms with Crippen molar-refractivity contribution in [2.45, 2.75) is 32.6 Å². The molecule has 0 heterocycles. The monoisotopic (exact) mass is 318 g/mol. The smallest absolute Gasteiger partial charge is 0.333 e. The molecule has 1 N–H and O–H groups in total. The van der Waals surface area contributed by atoms with Gasteiger partial charge in [0.05, 0.1) is 12.5 Å². The van der Waals surface area contributed by atoms with Gasteiger partial charge in [-0.15, -0.1) is 0 Å². The number of carboxylic acids is 1. The number of benzene rings is 1. The Kier molecular flexibility index (Phi) is 7.74. The first-order chi connectivity index (χ1) is 10.9. The van der Waals surface area contributed by atoms with Gasteiger partial charge in [-0.3, -0.25) is 9.59 Å². The Morgan fingerprint density at radius 3 is 2.43 bits per heavy atom. The fourth-order valence-corrected chi connectivity index (χ4v) is 2.08. The molecule has 5 nitrogen and oxygen atoms in total. The normalized spacial score (nSPS) is 11.5. The molecule has 1 unspecified atom stereocenters. The highest BCUT2D eigenvalue weighted by atomic mass is 16.5. The number of carbonyl (C=O) groups excluding carboxylic acids is 2. The Morgan fingerprint density at radius 1 is 1.22 bits per heavy atom. The minimum atomic E-state index is -0.976. The third-order valence-corrected chi connectivity index (χ3v) is 3.33. The van der Waals surface area contributed by atoms with Crippen molar-refractivity contribution in [3.05, 3.63) is 48.0 Å². The molecule has 1 rings (SSSR count). The van der Waals surface area contributed by atoms with Crippen LogP contribution in [0.1, 0.15) is 31.7 Å². The molecule has 0 amide bonds. The van der Waals surface area contributed by atoms with Crippen molar-refractivity contribution in [1.29, 1.82) is 0 Å². The van der Waals surface area contributed by atoms with Gasteiger partial charge in [0, 0.05) is 18.4 Å². The zero-order valence-electron chi connectivity index (χ0n) is 13.3. The largest absolute Gasteiger partial charge is 0.481 e. The van der Waals surface area contributed by atoms with Crippen LogP contribution in [-0.2, 0) is 25.5 Å². The van der Waals surface area contributed by atoms with E-state index >= 15 is 0 Å². The van der Waals surface area contributed by atoms with Crippen LogP contribution < -0.4 is 0 Å². The highest BCUT2D eigenvalue weighted by Crippen LogP contribution is 2.15. The van der Waals surface area contributed by atoms with Crippen LogP contribution >= 0.6 is 0 Å². The molecule has 1 aromatic rings. The summed E-state index contributed by atoms with van der Waals surface area (Å²) in [5, 5.41) is 9.26. The van der Waals surface area contributed by atoms with Crippen molar-refractivity contribution >= 4 is 17.7 Å². The van der Waals surface area contributed by atoms with E-state index in [1.54, 1.807) is 6.92 Å². The van der Waals surface area contributed by atoms with Crippen LogP contribution in [0.2, 0.25) is 0 Å². The second kappa shape index (κ2) is 9.56. The predicted molar refractivity (Wildman–Crippen MR) is 85.9 cm³/mol. The van der Waals surface area contributed by atoms with Crippen LogP contribution in [0, 0.1) is 5.92 Å². The van der Waals surface area contributed by atoms with Crippen molar-refractivity contribution in [2.24, 2.45) is 5.92 Å². The number of ether oxygens (including phenoxy) is 1. The van der Waals surface area contributed by atoms with Gasteiger partial charge < -0.3 is 9.84 Å². The van der Waals surface area contributed by atoms with Crippen LogP contribution in [0.15, 0.2) is 42.5 Å². The van der Waals surface area contributed by atoms with Crippen molar-refractivity contribution in [2.75, 3.05) is 6.61 Å². The number of ketones is 1. The summed E-state index contributed by atoms with van der Waals surface area (Å²) in [5.74, 6) is -2.33. The number of esters is 1. The lowest BCUT2D eigenvalue weighted by Gasteiger charge is -2.11. The predicted octanol–water partition coefficient (Wildman–Crippen LogP) is 2.79. The number of aliphatic carboxylic acids is 1. The molecule has 0 aromatic heterocycles. The molecule has 124 valence electrons. The summed E-state index contributed by atoms with van der Waals surface area (Å²) in [4.78, 5) is 34.4. The van der Waals surface area contributed by atoms with Crippen LogP contribution in [0.5, 0.6) is 0 Å². The molecule has 5 heteroatoms. The molecule has 0 spiro atoms. The summed E-state index contributed by atoms with van der Waals surface area (Å²) in [6.45, 7) is 5.14. The van der Waals surface area contributed by atoms with Crippen LogP contribution in [-0.4, -0.2) is 29.4 Å². The van der Waals surface area contributed by atoms with Crippen molar-refractivity contribution in [3.63, 3.8) is 0 Å². The number of hydrogen-bond acceptors (Lipinski definition) is 4. The zero-order valence-corrected chi connectivity index (χ0v) is 13.3. The van der Waals surface area contributed by atoms with Gasteiger partial charge in [0.2, 0.25) is 0 Å². The highest BCUT2D eigenvalue weighted by Gasteiger charge is 2.21. The minimum absolute atomic E-state index is 0.0152. The van der Waals surface area contributed by atoms with Crippen LogP contribution in [0.25, 0.3) is 0 Å². The van der Waals surface area contributed by atoms with Crippen molar-refractivity contribution in [3.8, 4) is 0 Å². The second-order valence-electron chi connectivity index (χ2n) is 5.49. The number of carboxylic acid groups (broad SMARTS) is 1. The molecule has 0 aliphatic heterocycles. The third kappa shape index (κ3) is 7.40. The summed E-state index contributed by atoms with van der Waals surface area (Å²) >= 11 is 0. The number of rotatable bonds is 10. The van der Waals surface area contributed by atoms with Gasteiger partial charge in [0.15, 0.2) is 0 Å². The highest BCUT2D eigenvalue weighted by molar-refractivity contribution is 5.87. The molecule has 0 aliphatic carbocycles. The number of carbonyl (C=O) groups is 3. The lowest BCUT2D eigenvalue weighted by Crippen LogP contribution is -2.20. The molecule has 0 aliphatic rings. The molecule has 0 fully saturated rings. The molecule has 0 bridgehead atoms. The molecule has 23 heavy (non-hydrogen) atoms. The lowest BCUT2D eigenvalue weighted by atomic mass is 9.93. The summed E-state index contributed by atoms with van der Waals surface area (Å²) in [6.07, 6.45) is 0.892. The summed E-state index contributed by atoms with van der Waals surface area (Å²) in [7, 11) is 0. The standard InChI is InChI=1S/C18H22O5/c1-13(2)18(22)23-10-6-9-16(19)12-15(17(20)21)11-14-7-4-3-5-8-14/h3-5,7-8,15H,1,6,9-12H2,2H3,(H,20,21). The van der Waals surface area contributed by atoms with E-state index < -0.39 is 17.9 Å². The van der Waals surface area contributed by atoms with Gasteiger partial charge in [-0.1, -0.05) is 36.9 Å². The molecule has 1 aromatic carbocycles. The maximum absolute atomic E-state index is 11.9. The van der Waals surface area contributed by atoms with Crippen molar-refractivity contribution in [1.82, 2.24) is 0 Å². The molecule has 1 atom stereocenters. The van der Waals surface area contributed by atoms with Gasteiger partial charge in [-0.25, -0.2) is 4.79 Å². The van der Waals surface area contributed by atoms with Gasteiger partial charge in [-0.05, 0) is 25.3 Å². The van der Waals surface area contributed by atoms with Crippen LogP contribution in [0.4, 0.5) is 0 Å². The maximum Gasteiger partial charge on any atom is 0.333 e. The molecule has 0 saturated heterocycles. The third-order valence-electron chi connectivity index (χ3n) is 3.33. The molecular formula is C18H22O5. The number of hydrogen-bond donors (Lipinski definition) is 1. The van der Waals surface area contributed by atoms with E-state index in [1.807, 2.05) is 30.3 Å². The average Bonchev–Trinajstić information content (AvgIpc) is 2.51. The first-order valence-electron chi connectivity index (χ1n) is 7.51. The fraction of sp³-hybridized carbons (Fsp3) is 0.389. The summed E-state index contributed by atoms with van der Waals surface area (Å²) < 4.78 is 4.89. The maximum atomic E-state index is 11.9. The first-order valence-corrected chi connectivity index (χ1v) is 7.51. The van der Waals surface area contributed by atoms with E-state index in [2.05, 4.69) is 6.58 Å².